The van der Waals surface area contributed by atoms with Crippen LogP contribution in [0.1, 0.15) is 16.9 Å². The van der Waals surface area contributed by atoms with Crippen LogP contribution in [0.5, 0.6) is 0 Å². The van der Waals surface area contributed by atoms with Gasteiger partial charge in [-0.05, 0) is 17.7 Å². The Morgan fingerprint density at radius 1 is 1.40 bits per heavy atom. The summed E-state index contributed by atoms with van der Waals surface area (Å²) >= 11 is 1.32. The molecule has 1 aliphatic rings. The third kappa shape index (κ3) is 5.71. The van der Waals surface area contributed by atoms with Gasteiger partial charge in [-0.15, -0.1) is 23.7 Å². The number of amides is 1. The number of halogens is 3. The second-order valence-corrected chi connectivity index (χ2v) is 6.65. The summed E-state index contributed by atoms with van der Waals surface area (Å²) in [6.45, 7) is 1.93. The molecule has 0 bridgehead atoms. The van der Waals surface area contributed by atoms with Gasteiger partial charge in [-0.2, -0.15) is 0 Å². The summed E-state index contributed by atoms with van der Waals surface area (Å²) in [5, 5.41) is 6.46. The van der Waals surface area contributed by atoms with Crippen molar-refractivity contribution in [1.82, 2.24) is 10.3 Å². The van der Waals surface area contributed by atoms with Gasteiger partial charge in [-0.3, -0.25) is 4.79 Å². The lowest BCUT2D eigenvalue weighted by molar-refractivity contribution is -0.117. The first kappa shape index (κ1) is 19.7. The van der Waals surface area contributed by atoms with Gasteiger partial charge < -0.3 is 15.4 Å². The van der Waals surface area contributed by atoms with Crippen LogP contribution in [0.3, 0.4) is 0 Å². The van der Waals surface area contributed by atoms with Crippen LogP contribution in [0.15, 0.2) is 24.4 Å². The van der Waals surface area contributed by atoms with Crippen LogP contribution in [0, 0.1) is 11.6 Å². The van der Waals surface area contributed by atoms with Gasteiger partial charge in [-0.1, -0.05) is 6.07 Å². The van der Waals surface area contributed by atoms with Crippen molar-refractivity contribution >= 4 is 34.8 Å². The maximum atomic E-state index is 13.2. The molecule has 0 aliphatic carbocycles. The fraction of sp³-hybridized carbons (Fsp3) is 0.375. The van der Waals surface area contributed by atoms with Gasteiger partial charge in [0.1, 0.15) is 0 Å². The first-order valence-electron chi connectivity index (χ1n) is 7.60. The molecule has 3 rings (SSSR count). The zero-order chi connectivity index (χ0) is 16.9. The average molecular weight is 390 g/mol. The van der Waals surface area contributed by atoms with Crippen molar-refractivity contribution in [2.75, 3.05) is 25.1 Å². The van der Waals surface area contributed by atoms with Gasteiger partial charge in [0.25, 0.3) is 0 Å². The number of nitrogens with zero attached hydrogens (tertiary/aromatic N) is 1. The fourth-order valence-corrected chi connectivity index (χ4v) is 3.31. The normalized spacial score (nSPS) is 17.0. The number of aromatic nitrogens is 1. The molecule has 1 saturated heterocycles. The van der Waals surface area contributed by atoms with E-state index in [-0.39, 0.29) is 24.4 Å². The Morgan fingerprint density at radius 2 is 2.24 bits per heavy atom. The van der Waals surface area contributed by atoms with Crippen molar-refractivity contribution in [3.8, 4) is 0 Å². The van der Waals surface area contributed by atoms with Crippen LogP contribution < -0.4 is 10.6 Å². The summed E-state index contributed by atoms with van der Waals surface area (Å²) < 4.78 is 31.5. The number of rotatable bonds is 5. The van der Waals surface area contributed by atoms with Crippen LogP contribution in [0.2, 0.25) is 0 Å². The van der Waals surface area contributed by atoms with E-state index < -0.39 is 11.6 Å². The average Bonchev–Trinajstić information content (AvgIpc) is 2.98. The first-order valence-corrected chi connectivity index (χ1v) is 8.41. The Bertz CT molecular complexity index is 723. The summed E-state index contributed by atoms with van der Waals surface area (Å²) in [5.74, 6) is -1.87. The fourth-order valence-electron chi connectivity index (χ4n) is 2.44. The molecule has 1 aliphatic heterocycles. The summed E-state index contributed by atoms with van der Waals surface area (Å²) in [4.78, 5) is 17.0. The highest BCUT2D eigenvalue weighted by Crippen LogP contribution is 2.22. The molecule has 25 heavy (non-hydrogen) atoms. The molecule has 1 fully saturated rings. The second-order valence-electron chi connectivity index (χ2n) is 5.54. The van der Waals surface area contributed by atoms with E-state index in [9.17, 15) is 13.6 Å². The van der Waals surface area contributed by atoms with Gasteiger partial charge in [-0.25, -0.2) is 13.8 Å². The number of hydrogen-bond acceptors (Lipinski definition) is 5. The minimum atomic E-state index is -0.868. The molecule has 1 unspecified atom stereocenters. The van der Waals surface area contributed by atoms with Crippen molar-refractivity contribution in [2.45, 2.75) is 18.9 Å². The van der Waals surface area contributed by atoms with Crippen LogP contribution in [-0.4, -0.2) is 36.7 Å². The summed E-state index contributed by atoms with van der Waals surface area (Å²) in [6, 6.07) is 3.82. The number of anilines is 1. The highest BCUT2D eigenvalue weighted by Gasteiger charge is 2.17. The zero-order valence-corrected chi connectivity index (χ0v) is 14.9. The largest absolute Gasteiger partial charge is 0.378 e. The topological polar surface area (TPSA) is 63.2 Å². The minimum absolute atomic E-state index is 0. The lowest BCUT2D eigenvalue weighted by Gasteiger charge is -2.22. The SMILES string of the molecule is Cl.O=C(CC1COCCN1)Nc1ncc(Cc2ccc(F)c(F)c2)s1. The number of benzene rings is 1. The molecule has 1 aromatic heterocycles. The molecule has 2 heterocycles. The van der Waals surface area contributed by atoms with Crippen molar-refractivity contribution in [3.05, 3.63) is 46.5 Å². The van der Waals surface area contributed by atoms with E-state index in [1.807, 2.05) is 0 Å². The highest BCUT2D eigenvalue weighted by molar-refractivity contribution is 7.15. The van der Waals surface area contributed by atoms with E-state index in [1.54, 1.807) is 6.20 Å². The van der Waals surface area contributed by atoms with Gasteiger partial charge in [0.2, 0.25) is 5.91 Å². The molecule has 0 spiro atoms. The molecule has 0 radical (unpaired) electrons. The standard InChI is InChI=1S/C16H17F2N3O2S.ClH/c17-13-2-1-10(6-14(13)18)5-12-8-20-16(24-12)21-15(22)7-11-9-23-4-3-19-11;/h1-2,6,8,11,19H,3-5,7,9H2,(H,20,21,22);1H. The van der Waals surface area contributed by atoms with Gasteiger partial charge >= 0.3 is 0 Å². The second kappa shape index (κ2) is 9.19. The summed E-state index contributed by atoms with van der Waals surface area (Å²) in [6.07, 6.45) is 2.38. The zero-order valence-electron chi connectivity index (χ0n) is 13.3. The molecular weight excluding hydrogens is 372 g/mol. The van der Waals surface area contributed by atoms with Crippen LogP contribution in [-0.2, 0) is 16.0 Å². The molecule has 2 N–H and O–H groups in total. The van der Waals surface area contributed by atoms with Gasteiger partial charge in [0.05, 0.1) is 13.2 Å². The van der Waals surface area contributed by atoms with E-state index in [4.69, 9.17) is 4.74 Å². The molecule has 136 valence electrons. The molecule has 0 saturated carbocycles. The summed E-state index contributed by atoms with van der Waals surface area (Å²) in [5.41, 5.74) is 0.652. The molecule has 5 nitrogen and oxygen atoms in total. The van der Waals surface area contributed by atoms with Crippen molar-refractivity contribution in [2.24, 2.45) is 0 Å². The first-order chi connectivity index (χ1) is 11.6. The number of carbonyl (C=O) groups is 1. The maximum absolute atomic E-state index is 13.2. The number of morpholine rings is 1. The lowest BCUT2D eigenvalue weighted by Crippen LogP contribution is -2.43. The maximum Gasteiger partial charge on any atom is 0.227 e. The van der Waals surface area contributed by atoms with E-state index in [1.165, 1.54) is 23.5 Å². The van der Waals surface area contributed by atoms with Crippen molar-refractivity contribution in [3.63, 3.8) is 0 Å². The Labute approximate surface area is 154 Å². The Balaban J connectivity index is 0.00000225. The number of ether oxygens (including phenoxy) is 1. The summed E-state index contributed by atoms with van der Waals surface area (Å²) in [7, 11) is 0. The number of carbonyl (C=O) groups excluding carboxylic acids is 1. The molecular formula is C16H18ClF2N3O2S. The Hall–Kier alpha value is -1.61. The molecule has 9 heteroatoms. The third-order valence-corrected chi connectivity index (χ3v) is 4.51. The third-order valence-electron chi connectivity index (χ3n) is 3.59. The van der Waals surface area contributed by atoms with Gasteiger partial charge in [0.15, 0.2) is 16.8 Å². The Morgan fingerprint density at radius 3 is 2.96 bits per heavy atom. The molecule has 1 aromatic carbocycles. The van der Waals surface area contributed by atoms with Crippen molar-refractivity contribution < 1.29 is 18.3 Å². The highest BCUT2D eigenvalue weighted by atomic mass is 35.5. The molecule has 1 amide bonds. The number of thiazole rings is 1. The van der Waals surface area contributed by atoms with E-state index in [0.717, 1.165) is 17.5 Å². The number of nitrogens with one attached hydrogen (secondary N) is 2. The minimum Gasteiger partial charge on any atom is -0.378 e. The quantitative estimate of drug-likeness (QED) is 0.825. The van der Waals surface area contributed by atoms with Crippen LogP contribution in [0.4, 0.5) is 13.9 Å². The molecule has 2 aromatic rings. The molecule has 1 atom stereocenters. The van der Waals surface area contributed by atoms with Crippen LogP contribution in [0.25, 0.3) is 0 Å². The number of hydrogen-bond donors (Lipinski definition) is 2. The predicted octanol–water partition coefficient (Wildman–Crippen LogP) is 2.75. The van der Waals surface area contributed by atoms with E-state index in [0.29, 0.717) is 36.8 Å². The van der Waals surface area contributed by atoms with Gasteiger partial charge in [0, 0.05) is 36.5 Å². The monoisotopic (exact) mass is 389 g/mol. The van der Waals surface area contributed by atoms with E-state index >= 15 is 0 Å². The van der Waals surface area contributed by atoms with Crippen LogP contribution >= 0.6 is 23.7 Å². The lowest BCUT2D eigenvalue weighted by atomic mass is 10.1. The smallest absolute Gasteiger partial charge is 0.227 e. The Kier molecular flexibility index (Phi) is 7.24. The predicted molar refractivity (Wildman–Crippen MR) is 94.4 cm³/mol. The van der Waals surface area contributed by atoms with Crippen molar-refractivity contribution in [1.29, 1.82) is 0 Å². The van der Waals surface area contributed by atoms with E-state index in [2.05, 4.69) is 15.6 Å².